The van der Waals surface area contributed by atoms with Crippen LogP contribution in [-0.4, -0.2) is 62.9 Å². The first-order valence-corrected chi connectivity index (χ1v) is 13.5. The number of carbonyl (C=O) groups excluding carboxylic acids is 1. The van der Waals surface area contributed by atoms with E-state index in [0.717, 1.165) is 29.8 Å². The van der Waals surface area contributed by atoms with E-state index in [4.69, 9.17) is 23.0 Å². The molecule has 0 amide bonds. The molecule has 1 saturated heterocycles. The minimum absolute atomic E-state index is 0.0971. The number of nitrogens with zero attached hydrogens (tertiary/aromatic N) is 2. The average molecular weight is 588 g/mol. The smallest absolute Gasteiger partial charge is 0.459 e. The summed E-state index contributed by atoms with van der Waals surface area (Å²) in [5.41, 5.74) is -3.81. The molecule has 17 heteroatoms. The number of rotatable bonds is 10. The maximum Gasteiger partial charge on any atom is 0.459 e. The van der Waals surface area contributed by atoms with Crippen LogP contribution in [0.3, 0.4) is 0 Å². The van der Waals surface area contributed by atoms with Gasteiger partial charge in [-0.2, -0.15) is 0 Å². The summed E-state index contributed by atoms with van der Waals surface area (Å²) in [7, 11) is -4.64. The van der Waals surface area contributed by atoms with E-state index < -0.39 is 79.9 Å². The van der Waals surface area contributed by atoms with Crippen molar-refractivity contribution in [2.75, 3.05) is 13.2 Å². The maximum absolute atomic E-state index is 15.5. The number of benzene rings is 1. The Morgan fingerprint density at radius 3 is 2.77 bits per heavy atom. The topological polar surface area (TPSA) is 184 Å². The number of aromatic amines is 1. The second-order valence-electron chi connectivity index (χ2n) is 9.45. The van der Waals surface area contributed by atoms with Crippen molar-refractivity contribution in [2.24, 2.45) is 0 Å². The molecule has 3 N–H and O–H groups in total. The number of esters is 1. The van der Waals surface area contributed by atoms with Crippen molar-refractivity contribution in [3.8, 4) is 5.75 Å². The number of carbonyl (C=O) groups is 1. The summed E-state index contributed by atoms with van der Waals surface area (Å²) in [5, 5.41) is 16.9. The highest BCUT2D eigenvalue weighted by Crippen LogP contribution is 2.48. The molecule has 218 valence electrons. The van der Waals surface area contributed by atoms with Crippen molar-refractivity contribution in [3.05, 3.63) is 56.7 Å². The standard InChI is InChI=1S/C23H27F2N4O10P/c1-11(2)36-19(31)9-26-40(34,39-16-7-13-12(3)28-38-15(13)8-14(16)24)35-10-17-20(32)23(4,25)21(37-17)29-6-5-18(30)27-22(29)33/h5-8,11,17,20-21,32H,9-10H2,1-4H3,(H,26,34)(H,27,30,33)/t17-,20-,21-,23-,40?/m1/s1. The number of alkyl halides is 1. The third kappa shape index (κ3) is 6.15. The van der Waals surface area contributed by atoms with Crippen molar-refractivity contribution in [2.45, 2.75) is 57.9 Å². The van der Waals surface area contributed by atoms with E-state index in [0.29, 0.717) is 11.1 Å². The molecule has 1 aliphatic heterocycles. The minimum atomic E-state index is -4.64. The Kier molecular flexibility index (Phi) is 8.28. The van der Waals surface area contributed by atoms with Crippen molar-refractivity contribution >= 4 is 24.7 Å². The van der Waals surface area contributed by atoms with Crippen LogP contribution in [0.2, 0.25) is 0 Å². The van der Waals surface area contributed by atoms with E-state index in [-0.39, 0.29) is 5.58 Å². The van der Waals surface area contributed by atoms with Gasteiger partial charge < -0.3 is 23.6 Å². The highest BCUT2D eigenvalue weighted by molar-refractivity contribution is 7.52. The molecule has 4 rings (SSSR count). The number of aliphatic hydroxyl groups is 1. The molecule has 1 aliphatic rings. The van der Waals surface area contributed by atoms with Crippen LogP contribution in [0.4, 0.5) is 8.78 Å². The third-order valence-corrected chi connectivity index (χ3v) is 7.41. The summed E-state index contributed by atoms with van der Waals surface area (Å²) in [6.45, 7) is 4.24. The lowest BCUT2D eigenvalue weighted by Gasteiger charge is -2.24. The zero-order valence-corrected chi connectivity index (χ0v) is 22.6. The average Bonchev–Trinajstić information content (AvgIpc) is 3.32. The Morgan fingerprint density at radius 2 is 2.10 bits per heavy atom. The third-order valence-electron chi connectivity index (χ3n) is 5.94. The summed E-state index contributed by atoms with van der Waals surface area (Å²) in [6, 6.07) is 3.08. The van der Waals surface area contributed by atoms with Gasteiger partial charge in [-0.05, 0) is 33.8 Å². The van der Waals surface area contributed by atoms with Gasteiger partial charge in [0.15, 0.2) is 29.0 Å². The number of fused-ring (bicyclic) bond motifs is 1. The number of H-pyrrole nitrogens is 1. The Morgan fingerprint density at radius 1 is 1.38 bits per heavy atom. The lowest BCUT2D eigenvalue weighted by Crippen LogP contribution is -2.43. The van der Waals surface area contributed by atoms with Crippen LogP contribution in [0.1, 0.15) is 32.7 Å². The molecular formula is C23H27F2N4O10P. The van der Waals surface area contributed by atoms with Gasteiger partial charge in [-0.1, -0.05) is 5.16 Å². The monoisotopic (exact) mass is 588 g/mol. The van der Waals surface area contributed by atoms with Crippen LogP contribution < -0.4 is 20.9 Å². The zero-order chi connectivity index (χ0) is 29.4. The van der Waals surface area contributed by atoms with Crippen LogP contribution in [0.15, 0.2) is 38.5 Å². The van der Waals surface area contributed by atoms with E-state index in [1.807, 2.05) is 4.98 Å². The molecule has 1 unspecified atom stereocenters. The fourth-order valence-electron chi connectivity index (χ4n) is 3.96. The predicted molar refractivity (Wildman–Crippen MR) is 133 cm³/mol. The Hall–Kier alpha value is -3.43. The number of aliphatic hydroxyl groups excluding tert-OH is 1. The summed E-state index contributed by atoms with van der Waals surface area (Å²) in [5.74, 6) is -2.38. The number of nitrogens with one attached hydrogen (secondary N) is 2. The fraction of sp³-hybridized carbons (Fsp3) is 0.478. The summed E-state index contributed by atoms with van der Waals surface area (Å²) in [4.78, 5) is 37.6. The van der Waals surface area contributed by atoms with Gasteiger partial charge in [0.25, 0.3) is 5.56 Å². The van der Waals surface area contributed by atoms with Gasteiger partial charge >= 0.3 is 19.4 Å². The van der Waals surface area contributed by atoms with Gasteiger partial charge in [-0.3, -0.25) is 23.7 Å². The molecule has 0 aliphatic carbocycles. The Labute approximate surface area is 224 Å². The summed E-state index contributed by atoms with van der Waals surface area (Å²) in [6.07, 6.45) is -4.65. The first kappa shape index (κ1) is 29.6. The predicted octanol–water partition coefficient (Wildman–Crippen LogP) is 1.86. The number of aryl methyl sites for hydroxylation is 1. The summed E-state index contributed by atoms with van der Waals surface area (Å²) >= 11 is 0. The molecule has 14 nitrogen and oxygen atoms in total. The molecule has 5 atom stereocenters. The zero-order valence-electron chi connectivity index (χ0n) is 21.8. The summed E-state index contributed by atoms with van der Waals surface area (Å²) < 4.78 is 70.9. The number of halogens is 2. The minimum Gasteiger partial charge on any atom is -0.462 e. The highest BCUT2D eigenvalue weighted by atomic mass is 31.2. The molecular weight excluding hydrogens is 561 g/mol. The van der Waals surface area contributed by atoms with Gasteiger partial charge in [0.1, 0.15) is 18.8 Å². The Balaban J connectivity index is 1.57. The number of hydrogen-bond donors (Lipinski definition) is 3. The van der Waals surface area contributed by atoms with Gasteiger partial charge in [0, 0.05) is 23.7 Å². The van der Waals surface area contributed by atoms with Crippen LogP contribution in [-0.2, 0) is 23.4 Å². The number of hydrogen-bond acceptors (Lipinski definition) is 11. The molecule has 3 heterocycles. The van der Waals surface area contributed by atoms with E-state index in [1.54, 1.807) is 20.8 Å². The lowest BCUT2D eigenvalue weighted by molar-refractivity contribution is -0.146. The van der Waals surface area contributed by atoms with Crippen LogP contribution in [0, 0.1) is 12.7 Å². The van der Waals surface area contributed by atoms with E-state index in [9.17, 15) is 28.4 Å². The van der Waals surface area contributed by atoms with Crippen LogP contribution in [0.25, 0.3) is 11.0 Å². The second-order valence-corrected chi connectivity index (χ2v) is 11.2. The van der Waals surface area contributed by atoms with Gasteiger partial charge in [-0.15, -0.1) is 0 Å². The second kappa shape index (κ2) is 11.2. The largest absolute Gasteiger partial charge is 0.462 e. The first-order valence-electron chi connectivity index (χ1n) is 12.0. The molecule has 1 aromatic carbocycles. The number of aromatic nitrogens is 3. The highest BCUT2D eigenvalue weighted by Gasteiger charge is 2.55. The quantitative estimate of drug-likeness (QED) is 0.231. The van der Waals surface area contributed by atoms with Crippen molar-refractivity contribution in [1.82, 2.24) is 19.8 Å². The maximum atomic E-state index is 15.5. The molecule has 0 saturated carbocycles. The normalized spacial score (nSPS) is 24.4. The Bertz CT molecular complexity index is 1570. The van der Waals surface area contributed by atoms with Crippen molar-refractivity contribution < 1.29 is 46.3 Å². The molecule has 40 heavy (non-hydrogen) atoms. The fourth-order valence-corrected chi connectivity index (χ4v) is 5.24. The van der Waals surface area contributed by atoms with Crippen molar-refractivity contribution in [1.29, 1.82) is 0 Å². The van der Waals surface area contributed by atoms with Gasteiger partial charge in [0.2, 0.25) is 0 Å². The van der Waals surface area contributed by atoms with E-state index in [1.165, 1.54) is 6.07 Å². The molecule has 0 bridgehead atoms. The first-order chi connectivity index (χ1) is 18.7. The SMILES string of the molecule is Cc1noc2cc(F)c(OP(=O)(NCC(=O)OC(C)C)OC[C@H]3O[C@@H](n4ccc(=O)[nH]c4=O)[C@](C)(F)[C@@H]3O)cc12. The van der Waals surface area contributed by atoms with E-state index in [2.05, 4.69) is 10.2 Å². The molecule has 1 fully saturated rings. The molecule has 2 aromatic heterocycles. The van der Waals surface area contributed by atoms with Gasteiger partial charge in [0.05, 0.1) is 18.4 Å². The molecule has 3 aromatic rings. The van der Waals surface area contributed by atoms with E-state index >= 15 is 4.39 Å². The van der Waals surface area contributed by atoms with Gasteiger partial charge in [-0.25, -0.2) is 23.2 Å². The van der Waals surface area contributed by atoms with Crippen molar-refractivity contribution in [3.63, 3.8) is 0 Å². The van der Waals surface area contributed by atoms with Crippen LogP contribution in [0.5, 0.6) is 5.75 Å². The van der Waals surface area contributed by atoms with Crippen LogP contribution >= 0.6 is 7.75 Å². The molecule has 0 spiro atoms. The lowest BCUT2D eigenvalue weighted by atomic mass is 9.98. The number of ether oxygens (including phenoxy) is 2. The molecule has 0 radical (unpaired) electrons.